The lowest BCUT2D eigenvalue weighted by molar-refractivity contribution is -0.113. The molecule has 1 heterocycles. The Hall–Kier alpha value is -3.76. The van der Waals surface area contributed by atoms with Gasteiger partial charge in [-0.1, -0.05) is 36.0 Å². The highest BCUT2D eigenvalue weighted by Crippen LogP contribution is 2.31. The Morgan fingerprint density at radius 1 is 0.967 bits per heavy atom. The zero-order valence-electron chi connectivity index (χ0n) is 15.7. The number of thioether (sulfide) groups is 1. The largest absolute Gasteiger partial charge is 0.325 e. The number of rotatable bonds is 5. The van der Waals surface area contributed by atoms with Crippen LogP contribution in [0.5, 0.6) is 0 Å². The summed E-state index contributed by atoms with van der Waals surface area (Å²) in [5.74, 6) is -0.330. The van der Waals surface area contributed by atoms with Crippen LogP contribution in [0.2, 0.25) is 0 Å². The number of benzene rings is 3. The van der Waals surface area contributed by atoms with E-state index in [0.717, 1.165) is 16.3 Å². The molecular weight excluding hydrogens is 399 g/mol. The van der Waals surface area contributed by atoms with Crippen molar-refractivity contribution in [2.45, 2.75) is 5.03 Å². The van der Waals surface area contributed by atoms with E-state index < -0.39 is 0 Å². The van der Waals surface area contributed by atoms with Crippen molar-refractivity contribution in [3.8, 4) is 17.3 Å². The Balaban J connectivity index is 1.53. The molecule has 5 nitrogen and oxygen atoms in total. The summed E-state index contributed by atoms with van der Waals surface area (Å²) in [6.45, 7) is 0. The average molecular weight is 414 g/mol. The Labute approximate surface area is 176 Å². The molecule has 0 aliphatic carbocycles. The van der Waals surface area contributed by atoms with Gasteiger partial charge in [-0.2, -0.15) is 5.26 Å². The Morgan fingerprint density at radius 3 is 2.37 bits per heavy atom. The van der Waals surface area contributed by atoms with Crippen molar-refractivity contribution in [3.63, 3.8) is 0 Å². The normalized spacial score (nSPS) is 10.5. The molecule has 0 bridgehead atoms. The zero-order chi connectivity index (χ0) is 20.9. The van der Waals surface area contributed by atoms with E-state index in [2.05, 4.69) is 15.5 Å². The lowest BCUT2D eigenvalue weighted by Crippen LogP contribution is -2.14. The van der Waals surface area contributed by atoms with E-state index in [4.69, 9.17) is 5.26 Å². The van der Waals surface area contributed by atoms with Crippen LogP contribution in [-0.4, -0.2) is 21.9 Å². The van der Waals surface area contributed by atoms with Gasteiger partial charge in [-0.3, -0.25) is 4.79 Å². The molecule has 1 amide bonds. The van der Waals surface area contributed by atoms with Gasteiger partial charge in [0.05, 0.1) is 17.4 Å². The van der Waals surface area contributed by atoms with Crippen LogP contribution in [0.3, 0.4) is 0 Å². The second-order valence-corrected chi connectivity index (χ2v) is 7.40. The zero-order valence-corrected chi connectivity index (χ0v) is 16.5. The Morgan fingerprint density at radius 2 is 1.67 bits per heavy atom. The van der Waals surface area contributed by atoms with Gasteiger partial charge < -0.3 is 5.32 Å². The molecule has 146 valence electrons. The van der Waals surface area contributed by atoms with Crippen LogP contribution < -0.4 is 5.32 Å². The first-order chi connectivity index (χ1) is 14.6. The fourth-order valence-electron chi connectivity index (χ4n) is 2.97. The summed E-state index contributed by atoms with van der Waals surface area (Å²) in [5.41, 5.74) is 2.60. The first-order valence-corrected chi connectivity index (χ1v) is 10.1. The molecule has 0 aliphatic rings. The predicted molar refractivity (Wildman–Crippen MR) is 115 cm³/mol. The number of fused-ring (bicyclic) bond motifs is 1. The number of nitrogens with zero attached hydrogens (tertiary/aromatic N) is 3. The van der Waals surface area contributed by atoms with Crippen LogP contribution in [0, 0.1) is 17.1 Å². The summed E-state index contributed by atoms with van der Waals surface area (Å²) in [4.78, 5) is 12.3. The van der Waals surface area contributed by atoms with Gasteiger partial charge in [0, 0.05) is 22.0 Å². The summed E-state index contributed by atoms with van der Waals surface area (Å²) >= 11 is 1.29. The maximum atomic E-state index is 13.3. The van der Waals surface area contributed by atoms with E-state index in [1.165, 1.54) is 23.9 Å². The number of carbonyl (C=O) groups is 1. The lowest BCUT2D eigenvalue weighted by Gasteiger charge is -2.09. The molecule has 0 saturated heterocycles. The van der Waals surface area contributed by atoms with E-state index in [-0.39, 0.29) is 17.5 Å². The summed E-state index contributed by atoms with van der Waals surface area (Å²) in [7, 11) is 0. The van der Waals surface area contributed by atoms with Crippen molar-refractivity contribution in [2.75, 3.05) is 11.1 Å². The van der Waals surface area contributed by atoms with Crippen LogP contribution in [-0.2, 0) is 4.79 Å². The van der Waals surface area contributed by atoms with E-state index in [1.54, 1.807) is 36.4 Å². The topological polar surface area (TPSA) is 78.7 Å². The van der Waals surface area contributed by atoms with Crippen LogP contribution in [0.25, 0.3) is 22.0 Å². The average Bonchev–Trinajstić information content (AvgIpc) is 2.78. The predicted octanol–water partition coefficient (Wildman–Crippen LogP) is 5.04. The smallest absolute Gasteiger partial charge is 0.234 e. The van der Waals surface area contributed by atoms with Gasteiger partial charge in [0.1, 0.15) is 16.5 Å². The SMILES string of the molecule is N#Cc1ccc(NC(=O)CSc2nnc(-c3ccc(F)cc3)c3ccccc23)cc1. The Kier molecular flexibility index (Phi) is 5.68. The molecule has 0 spiro atoms. The monoisotopic (exact) mass is 414 g/mol. The minimum absolute atomic E-state index is 0.161. The lowest BCUT2D eigenvalue weighted by atomic mass is 10.1. The molecule has 1 N–H and O–H groups in total. The maximum absolute atomic E-state index is 13.3. The fourth-order valence-corrected chi connectivity index (χ4v) is 3.74. The first kappa shape index (κ1) is 19.6. The number of aromatic nitrogens is 2. The third-order valence-electron chi connectivity index (χ3n) is 4.41. The van der Waals surface area contributed by atoms with Gasteiger partial charge in [0.25, 0.3) is 0 Å². The number of nitrogens with one attached hydrogen (secondary N) is 1. The van der Waals surface area contributed by atoms with Crippen molar-refractivity contribution in [3.05, 3.63) is 84.2 Å². The second kappa shape index (κ2) is 8.72. The standard InChI is InChI=1S/C23H15FN4OS/c24-17-9-7-16(8-10-17)22-19-3-1-2-4-20(19)23(28-27-22)30-14-21(29)26-18-11-5-15(13-25)6-12-18/h1-12H,14H2,(H,26,29). The number of amides is 1. The van der Waals surface area contributed by atoms with Crippen molar-refractivity contribution < 1.29 is 9.18 Å². The number of hydrogen-bond donors (Lipinski definition) is 1. The molecule has 0 fully saturated rings. The van der Waals surface area contributed by atoms with Gasteiger partial charge in [-0.25, -0.2) is 4.39 Å². The molecule has 7 heteroatoms. The van der Waals surface area contributed by atoms with Crippen LogP contribution >= 0.6 is 11.8 Å². The molecule has 0 radical (unpaired) electrons. The molecular formula is C23H15FN4OS. The summed E-state index contributed by atoms with van der Waals surface area (Å²) < 4.78 is 13.3. The van der Waals surface area contributed by atoms with Gasteiger partial charge in [0.2, 0.25) is 5.91 Å². The van der Waals surface area contributed by atoms with Crippen LogP contribution in [0.4, 0.5) is 10.1 Å². The third-order valence-corrected chi connectivity index (χ3v) is 5.39. The summed E-state index contributed by atoms with van der Waals surface area (Å²) in [6.07, 6.45) is 0. The van der Waals surface area contributed by atoms with Gasteiger partial charge in [0.15, 0.2) is 0 Å². The molecule has 1 aromatic heterocycles. The van der Waals surface area contributed by atoms with Crippen LogP contribution in [0.1, 0.15) is 5.56 Å². The molecule has 0 unspecified atom stereocenters. The summed E-state index contributed by atoms with van der Waals surface area (Å²) in [5, 5.41) is 22.7. The van der Waals surface area contributed by atoms with Crippen molar-refractivity contribution in [1.82, 2.24) is 10.2 Å². The highest BCUT2D eigenvalue weighted by atomic mass is 32.2. The number of halogens is 1. The first-order valence-electron chi connectivity index (χ1n) is 9.08. The van der Waals surface area contributed by atoms with E-state index in [1.807, 2.05) is 30.3 Å². The van der Waals surface area contributed by atoms with Crippen molar-refractivity contribution in [1.29, 1.82) is 5.26 Å². The highest BCUT2D eigenvalue weighted by molar-refractivity contribution is 8.00. The number of anilines is 1. The van der Waals surface area contributed by atoms with E-state index >= 15 is 0 Å². The number of nitriles is 1. The van der Waals surface area contributed by atoms with Crippen molar-refractivity contribution >= 4 is 34.1 Å². The van der Waals surface area contributed by atoms with Gasteiger partial charge in [-0.05, 0) is 48.5 Å². The number of hydrogen-bond acceptors (Lipinski definition) is 5. The third kappa shape index (κ3) is 4.29. The van der Waals surface area contributed by atoms with E-state index in [0.29, 0.717) is 22.0 Å². The van der Waals surface area contributed by atoms with Crippen LogP contribution in [0.15, 0.2) is 77.8 Å². The number of carbonyl (C=O) groups excluding carboxylic acids is 1. The van der Waals surface area contributed by atoms with Gasteiger partial charge in [-0.15, -0.1) is 10.2 Å². The molecule has 4 aromatic rings. The maximum Gasteiger partial charge on any atom is 0.234 e. The minimum Gasteiger partial charge on any atom is -0.325 e. The highest BCUT2D eigenvalue weighted by Gasteiger charge is 2.13. The summed E-state index contributed by atoms with van der Waals surface area (Å²) in [6, 6.07) is 22.5. The van der Waals surface area contributed by atoms with Gasteiger partial charge >= 0.3 is 0 Å². The Bertz CT molecular complexity index is 1250. The molecule has 0 atom stereocenters. The minimum atomic E-state index is -0.309. The molecule has 4 rings (SSSR count). The fraction of sp³-hybridized carbons (Fsp3) is 0.0435. The quantitative estimate of drug-likeness (QED) is 0.463. The second-order valence-electron chi connectivity index (χ2n) is 6.43. The molecule has 0 aliphatic heterocycles. The molecule has 30 heavy (non-hydrogen) atoms. The molecule has 0 saturated carbocycles. The van der Waals surface area contributed by atoms with Crippen molar-refractivity contribution in [2.24, 2.45) is 0 Å². The van der Waals surface area contributed by atoms with E-state index in [9.17, 15) is 9.18 Å². The molecule has 3 aromatic carbocycles.